The van der Waals surface area contributed by atoms with E-state index in [4.69, 9.17) is 0 Å². The van der Waals surface area contributed by atoms with Gasteiger partial charge in [-0.25, -0.2) is 17.7 Å². The number of amides is 1. The van der Waals surface area contributed by atoms with E-state index < -0.39 is 10.0 Å². The lowest BCUT2D eigenvalue weighted by molar-refractivity contribution is -0.137. The highest BCUT2D eigenvalue weighted by molar-refractivity contribution is 7.88. The molecule has 9 heteroatoms. The van der Waals surface area contributed by atoms with Gasteiger partial charge >= 0.3 is 0 Å². The van der Waals surface area contributed by atoms with E-state index in [0.29, 0.717) is 50.3 Å². The van der Waals surface area contributed by atoms with Crippen molar-refractivity contribution in [2.75, 3.05) is 25.9 Å². The Bertz CT molecular complexity index is 872. The summed E-state index contributed by atoms with van der Waals surface area (Å²) in [6.45, 7) is 5.17. The maximum atomic E-state index is 13.1. The molecule has 0 aliphatic carbocycles. The molecular formula is C18H28N4O4S. The highest BCUT2D eigenvalue weighted by atomic mass is 32.2. The maximum Gasteiger partial charge on any atom is 0.254 e. The standard InChI is InChI=1S/C18H28N4O4S/c1-4-14-12(2)19-16(20-17(14)23)15-6-5-9-22(15)18(24)13-7-10-21(11-8-13)27(3,25)26/h13,15H,4-11H2,1-3H3,(H,19,20,23). The van der Waals surface area contributed by atoms with E-state index in [2.05, 4.69) is 9.97 Å². The van der Waals surface area contributed by atoms with E-state index in [9.17, 15) is 18.0 Å². The topological polar surface area (TPSA) is 103 Å². The summed E-state index contributed by atoms with van der Waals surface area (Å²) in [5.41, 5.74) is 1.28. The number of aromatic nitrogens is 2. The highest BCUT2D eigenvalue weighted by Gasteiger charge is 2.37. The number of carbonyl (C=O) groups excluding carboxylic acids is 1. The van der Waals surface area contributed by atoms with Crippen LogP contribution in [0.25, 0.3) is 0 Å². The van der Waals surface area contributed by atoms with Crippen LogP contribution in [0, 0.1) is 12.8 Å². The summed E-state index contributed by atoms with van der Waals surface area (Å²) in [5.74, 6) is 0.436. The summed E-state index contributed by atoms with van der Waals surface area (Å²) in [5, 5.41) is 0. The van der Waals surface area contributed by atoms with Gasteiger partial charge in [0.1, 0.15) is 5.82 Å². The summed E-state index contributed by atoms with van der Waals surface area (Å²) in [7, 11) is -3.21. The summed E-state index contributed by atoms with van der Waals surface area (Å²) < 4.78 is 24.8. The molecule has 8 nitrogen and oxygen atoms in total. The normalized spacial score (nSPS) is 22.3. The number of sulfonamides is 1. The van der Waals surface area contributed by atoms with Gasteiger partial charge in [0.2, 0.25) is 15.9 Å². The van der Waals surface area contributed by atoms with Gasteiger partial charge in [-0.15, -0.1) is 0 Å². The lowest BCUT2D eigenvalue weighted by atomic mass is 9.96. The number of aromatic amines is 1. The van der Waals surface area contributed by atoms with Gasteiger partial charge < -0.3 is 9.88 Å². The largest absolute Gasteiger partial charge is 0.332 e. The van der Waals surface area contributed by atoms with Crippen LogP contribution in [0.1, 0.15) is 55.7 Å². The molecule has 2 fully saturated rings. The molecule has 1 atom stereocenters. The van der Waals surface area contributed by atoms with Crippen molar-refractivity contribution in [2.24, 2.45) is 5.92 Å². The number of hydrogen-bond donors (Lipinski definition) is 1. The summed E-state index contributed by atoms with van der Waals surface area (Å²) in [6, 6.07) is -0.206. The first-order valence-corrected chi connectivity index (χ1v) is 11.4. The third-order valence-electron chi connectivity index (χ3n) is 5.72. The molecule has 0 radical (unpaired) electrons. The average Bonchev–Trinajstić information content (AvgIpc) is 3.10. The molecule has 3 heterocycles. The summed E-state index contributed by atoms with van der Waals surface area (Å²) in [6.07, 6.45) is 4.55. The van der Waals surface area contributed by atoms with Crippen LogP contribution < -0.4 is 5.56 Å². The minimum absolute atomic E-state index is 0.0468. The number of likely N-dealkylation sites (tertiary alicyclic amines) is 1. The molecule has 0 aromatic carbocycles. The van der Waals surface area contributed by atoms with Gasteiger partial charge in [-0.05, 0) is 39.0 Å². The third-order valence-corrected chi connectivity index (χ3v) is 7.02. The predicted molar refractivity (Wildman–Crippen MR) is 102 cm³/mol. The Kier molecular flexibility index (Phi) is 5.71. The van der Waals surface area contributed by atoms with Crippen molar-refractivity contribution < 1.29 is 13.2 Å². The molecule has 1 aromatic rings. The Morgan fingerprint density at radius 1 is 1.22 bits per heavy atom. The maximum absolute atomic E-state index is 13.1. The first kappa shape index (κ1) is 20.0. The number of carbonyl (C=O) groups is 1. The molecule has 0 spiro atoms. The lowest BCUT2D eigenvalue weighted by Crippen LogP contribution is -2.44. The fourth-order valence-electron chi connectivity index (χ4n) is 4.19. The fourth-order valence-corrected chi connectivity index (χ4v) is 5.06. The average molecular weight is 397 g/mol. The highest BCUT2D eigenvalue weighted by Crippen LogP contribution is 2.33. The number of rotatable bonds is 4. The van der Waals surface area contributed by atoms with Gasteiger partial charge in [-0.2, -0.15) is 0 Å². The van der Waals surface area contributed by atoms with Crippen LogP contribution in [0.5, 0.6) is 0 Å². The second-order valence-corrected chi connectivity index (χ2v) is 9.48. The molecule has 2 aliphatic rings. The van der Waals surface area contributed by atoms with Crippen LogP contribution in [0.15, 0.2) is 4.79 Å². The Morgan fingerprint density at radius 3 is 2.44 bits per heavy atom. The summed E-state index contributed by atoms with van der Waals surface area (Å²) in [4.78, 5) is 34.6. The lowest BCUT2D eigenvalue weighted by Gasteiger charge is -2.33. The SMILES string of the molecule is CCc1c(C)nc(C2CCCN2C(=O)C2CCN(S(C)(=O)=O)CC2)[nH]c1=O. The van der Waals surface area contributed by atoms with Crippen LogP contribution in [0.4, 0.5) is 0 Å². The Balaban J connectivity index is 1.75. The van der Waals surface area contributed by atoms with Crippen molar-refractivity contribution >= 4 is 15.9 Å². The number of hydrogen-bond acceptors (Lipinski definition) is 5. The molecule has 27 heavy (non-hydrogen) atoms. The number of H-pyrrole nitrogens is 1. The zero-order valence-corrected chi connectivity index (χ0v) is 17.0. The first-order valence-electron chi connectivity index (χ1n) is 9.57. The van der Waals surface area contributed by atoms with E-state index in [1.54, 1.807) is 0 Å². The predicted octanol–water partition coefficient (Wildman–Crippen LogP) is 0.976. The van der Waals surface area contributed by atoms with Gasteiger partial charge in [-0.1, -0.05) is 6.92 Å². The molecule has 0 saturated carbocycles. The number of aryl methyl sites for hydroxylation is 1. The molecule has 2 saturated heterocycles. The Labute approximate surface area is 160 Å². The van der Waals surface area contributed by atoms with Gasteiger partial charge in [-0.3, -0.25) is 9.59 Å². The number of nitrogens with zero attached hydrogens (tertiary/aromatic N) is 3. The third kappa shape index (κ3) is 4.08. The van der Waals surface area contributed by atoms with E-state index >= 15 is 0 Å². The van der Waals surface area contributed by atoms with E-state index in [-0.39, 0.29) is 23.4 Å². The number of piperidine rings is 1. The molecule has 1 aromatic heterocycles. The molecule has 0 bridgehead atoms. The van der Waals surface area contributed by atoms with Gasteiger partial charge in [0.25, 0.3) is 5.56 Å². The molecule has 1 N–H and O–H groups in total. The van der Waals surface area contributed by atoms with Crippen molar-refractivity contribution in [3.05, 3.63) is 27.4 Å². The van der Waals surface area contributed by atoms with Crippen LogP contribution in [-0.2, 0) is 21.2 Å². The zero-order valence-electron chi connectivity index (χ0n) is 16.2. The quantitative estimate of drug-likeness (QED) is 0.817. The van der Waals surface area contributed by atoms with Crippen LogP contribution in [0.3, 0.4) is 0 Å². The molecule has 3 rings (SSSR count). The molecule has 1 unspecified atom stereocenters. The van der Waals surface area contributed by atoms with E-state index in [1.165, 1.54) is 10.6 Å². The monoisotopic (exact) mass is 396 g/mol. The van der Waals surface area contributed by atoms with Crippen molar-refractivity contribution in [3.63, 3.8) is 0 Å². The first-order chi connectivity index (χ1) is 12.7. The zero-order chi connectivity index (χ0) is 19.8. The van der Waals surface area contributed by atoms with Crippen molar-refractivity contribution in [1.29, 1.82) is 0 Å². The van der Waals surface area contributed by atoms with Gasteiger partial charge in [0, 0.05) is 36.8 Å². The second-order valence-electron chi connectivity index (χ2n) is 7.49. The van der Waals surface area contributed by atoms with Crippen molar-refractivity contribution in [2.45, 2.75) is 52.0 Å². The minimum Gasteiger partial charge on any atom is -0.332 e. The molecule has 2 aliphatic heterocycles. The van der Waals surface area contributed by atoms with Crippen molar-refractivity contribution in [3.8, 4) is 0 Å². The molecule has 1 amide bonds. The minimum atomic E-state index is -3.21. The molecule has 150 valence electrons. The Morgan fingerprint density at radius 2 is 1.89 bits per heavy atom. The summed E-state index contributed by atoms with van der Waals surface area (Å²) >= 11 is 0. The van der Waals surface area contributed by atoms with Crippen LogP contribution in [-0.4, -0.2) is 59.4 Å². The number of nitrogens with one attached hydrogen (secondary N) is 1. The van der Waals surface area contributed by atoms with E-state index in [1.807, 2.05) is 18.7 Å². The van der Waals surface area contributed by atoms with Crippen molar-refractivity contribution in [1.82, 2.24) is 19.2 Å². The smallest absolute Gasteiger partial charge is 0.254 e. The fraction of sp³-hybridized carbons (Fsp3) is 0.722. The second kappa shape index (κ2) is 7.71. The van der Waals surface area contributed by atoms with E-state index in [0.717, 1.165) is 18.5 Å². The molecular weight excluding hydrogens is 368 g/mol. The van der Waals surface area contributed by atoms with Gasteiger partial charge in [0.15, 0.2) is 0 Å². The van der Waals surface area contributed by atoms with Crippen LogP contribution >= 0.6 is 0 Å². The van der Waals surface area contributed by atoms with Gasteiger partial charge in [0.05, 0.1) is 12.3 Å². The van der Waals surface area contributed by atoms with Crippen LogP contribution in [0.2, 0.25) is 0 Å². The Hall–Kier alpha value is -1.74.